The topological polar surface area (TPSA) is 36.3 Å². The minimum atomic E-state index is 0.235. The van der Waals surface area contributed by atoms with Gasteiger partial charge in [0.1, 0.15) is 0 Å². The highest BCUT2D eigenvalue weighted by molar-refractivity contribution is 4.95. The second kappa shape index (κ2) is 5.81. The second-order valence-electron chi connectivity index (χ2n) is 6.69. The highest BCUT2D eigenvalue weighted by Gasteiger charge is 2.42. The summed E-state index contributed by atoms with van der Waals surface area (Å²) >= 11 is 0. The second-order valence-corrected chi connectivity index (χ2v) is 6.69. The molecule has 1 aliphatic heterocycles. The third kappa shape index (κ3) is 2.95. The van der Waals surface area contributed by atoms with E-state index in [1.807, 2.05) is 0 Å². The summed E-state index contributed by atoms with van der Waals surface area (Å²) in [5, 5.41) is 9.04. The summed E-state index contributed by atoms with van der Waals surface area (Å²) in [4.78, 5) is 2.39. The first kappa shape index (κ1) is 13.4. The predicted octanol–water partition coefficient (Wildman–Crippen LogP) is 3.25. The summed E-state index contributed by atoms with van der Waals surface area (Å²) in [6.45, 7) is 1.57. The smallest absolute Gasteiger partial charge is 0.0869 e. The van der Waals surface area contributed by atoms with Gasteiger partial charge in [0, 0.05) is 12.6 Å². The average Bonchev–Trinajstić information content (AvgIpc) is 3.14. The lowest BCUT2D eigenvalue weighted by Crippen LogP contribution is -2.40. The maximum absolute atomic E-state index is 9.04. The Labute approximate surface area is 116 Å². The van der Waals surface area contributed by atoms with Crippen LogP contribution in [0.3, 0.4) is 0 Å². The molecule has 0 aromatic carbocycles. The van der Waals surface area contributed by atoms with Crippen LogP contribution in [-0.4, -0.2) is 35.7 Å². The zero-order valence-corrected chi connectivity index (χ0v) is 11.9. The number of hydrogen-bond acceptors (Lipinski definition) is 3. The molecule has 2 aliphatic carbocycles. The third-order valence-corrected chi connectivity index (χ3v) is 5.41. The van der Waals surface area contributed by atoms with Crippen molar-refractivity contribution in [2.24, 2.45) is 0 Å². The predicted molar refractivity (Wildman–Crippen MR) is 74.7 cm³/mol. The Balaban J connectivity index is 1.55. The van der Waals surface area contributed by atoms with E-state index in [4.69, 9.17) is 10.00 Å². The Hall–Kier alpha value is -0.590. The van der Waals surface area contributed by atoms with Crippen molar-refractivity contribution < 1.29 is 4.74 Å². The average molecular weight is 262 g/mol. The Morgan fingerprint density at radius 2 is 1.79 bits per heavy atom. The van der Waals surface area contributed by atoms with Crippen molar-refractivity contribution >= 4 is 0 Å². The summed E-state index contributed by atoms with van der Waals surface area (Å²) in [5.74, 6) is 0. The summed E-state index contributed by atoms with van der Waals surface area (Å²) in [6, 6.07) is 2.99. The molecule has 2 saturated carbocycles. The number of nitrogens with zero attached hydrogens (tertiary/aromatic N) is 2. The Bertz CT molecular complexity index is 337. The van der Waals surface area contributed by atoms with Crippen molar-refractivity contribution in [3.8, 4) is 6.07 Å². The van der Waals surface area contributed by atoms with Crippen LogP contribution in [0.5, 0.6) is 0 Å². The number of hydrogen-bond donors (Lipinski definition) is 0. The van der Waals surface area contributed by atoms with Gasteiger partial charge in [-0.15, -0.1) is 0 Å². The van der Waals surface area contributed by atoms with Crippen LogP contribution < -0.4 is 0 Å². The number of ether oxygens (including phenoxy) is 1. The molecule has 1 unspecified atom stereocenters. The van der Waals surface area contributed by atoms with Crippen molar-refractivity contribution in [1.82, 2.24) is 4.90 Å². The molecule has 0 aromatic rings. The molecule has 1 saturated heterocycles. The van der Waals surface area contributed by atoms with Gasteiger partial charge < -0.3 is 4.74 Å². The Morgan fingerprint density at radius 1 is 1.05 bits per heavy atom. The maximum Gasteiger partial charge on any atom is 0.0869 e. The zero-order chi connectivity index (χ0) is 13.1. The lowest BCUT2D eigenvalue weighted by atomic mass is 9.98. The minimum absolute atomic E-state index is 0.235. The fourth-order valence-corrected chi connectivity index (χ4v) is 4.38. The number of nitriles is 1. The molecule has 1 atom stereocenters. The largest absolute Gasteiger partial charge is 0.370 e. The van der Waals surface area contributed by atoms with Crippen LogP contribution in [0.15, 0.2) is 0 Å². The van der Waals surface area contributed by atoms with Gasteiger partial charge >= 0.3 is 0 Å². The molecule has 0 N–H and O–H groups in total. The molecule has 0 radical (unpaired) electrons. The van der Waals surface area contributed by atoms with Gasteiger partial charge in [0.25, 0.3) is 0 Å². The van der Waals surface area contributed by atoms with Crippen LogP contribution in [0.4, 0.5) is 0 Å². The highest BCUT2D eigenvalue weighted by Crippen LogP contribution is 2.43. The van der Waals surface area contributed by atoms with Gasteiger partial charge in [-0.05, 0) is 38.5 Å². The SMILES string of the molecule is N#CCN(CC1CCC2(CCCC2)O1)C1CCCC1. The van der Waals surface area contributed by atoms with E-state index in [0.29, 0.717) is 18.7 Å². The van der Waals surface area contributed by atoms with Crippen molar-refractivity contribution in [3.63, 3.8) is 0 Å². The van der Waals surface area contributed by atoms with Gasteiger partial charge in [-0.1, -0.05) is 25.7 Å². The van der Waals surface area contributed by atoms with Crippen molar-refractivity contribution in [2.75, 3.05) is 13.1 Å². The fraction of sp³-hybridized carbons (Fsp3) is 0.938. The van der Waals surface area contributed by atoms with Gasteiger partial charge in [0.15, 0.2) is 0 Å². The van der Waals surface area contributed by atoms with E-state index in [1.54, 1.807) is 0 Å². The van der Waals surface area contributed by atoms with Crippen molar-refractivity contribution in [3.05, 3.63) is 0 Å². The van der Waals surface area contributed by atoms with Crippen molar-refractivity contribution in [1.29, 1.82) is 5.26 Å². The lowest BCUT2D eigenvalue weighted by molar-refractivity contribution is -0.0497. The van der Waals surface area contributed by atoms with E-state index in [2.05, 4.69) is 11.0 Å². The van der Waals surface area contributed by atoms with Crippen molar-refractivity contribution in [2.45, 2.75) is 82.0 Å². The summed E-state index contributed by atoms with van der Waals surface area (Å²) < 4.78 is 6.40. The molecular formula is C16H26N2O. The summed E-state index contributed by atoms with van der Waals surface area (Å²) in [6.07, 6.45) is 13.3. The van der Waals surface area contributed by atoms with Gasteiger partial charge in [-0.3, -0.25) is 4.90 Å². The first-order valence-corrected chi connectivity index (χ1v) is 8.10. The molecule has 0 aromatic heterocycles. The van der Waals surface area contributed by atoms with E-state index in [1.165, 1.54) is 64.2 Å². The summed E-state index contributed by atoms with van der Waals surface area (Å²) in [5.41, 5.74) is 0.235. The summed E-state index contributed by atoms with van der Waals surface area (Å²) in [7, 11) is 0. The molecular weight excluding hydrogens is 236 g/mol. The Kier molecular flexibility index (Phi) is 4.10. The normalized spacial score (nSPS) is 30.4. The third-order valence-electron chi connectivity index (χ3n) is 5.41. The fourth-order valence-electron chi connectivity index (χ4n) is 4.38. The van der Waals surface area contributed by atoms with Gasteiger partial charge in [-0.25, -0.2) is 0 Å². The number of rotatable bonds is 4. The molecule has 3 rings (SSSR count). The van der Waals surface area contributed by atoms with E-state index in [9.17, 15) is 0 Å². The molecule has 0 bridgehead atoms. The van der Waals surface area contributed by atoms with Crippen LogP contribution in [0, 0.1) is 11.3 Å². The highest BCUT2D eigenvalue weighted by atomic mass is 16.5. The monoisotopic (exact) mass is 262 g/mol. The zero-order valence-electron chi connectivity index (χ0n) is 11.9. The van der Waals surface area contributed by atoms with E-state index >= 15 is 0 Å². The quantitative estimate of drug-likeness (QED) is 0.730. The van der Waals surface area contributed by atoms with Gasteiger partial charge in [-0.2, -0.15) is 5.26 Å². The van der Waals surface area contributed by atoms with Crippen LogP contribution in [0.1, 0.15) is 64.2 Å². The molecule has 3 aliphatic rings. The standard InChI is InChI=1S/C16H26N2O/c17-11-12-18(14-5-1-2-6-14)13-15-7-10-16(19-15)8-3-4-9-16/h14-15H,1-10,12-13H2. The molecule has 1 spiro atoms. The van der Waals surface area contributed by atoms with Gasteiger partial charge in [0.05, 0.1) is 24.3 Å². The Morgan fingerprint density at radius 3 is 2.47 bits per heavy atom. The van der Waals surface area contributed by atoms with Crippen LogP contribution in [0.2, 0.25) is 0 Å². The first-order chi connectivity index (χ1) is 9.31. The minimum Gasteiger partial charge on any atom is -0.370 e. The molecule has 0 amide bonds. The molecule has 19 heavy (non-hydrogen) atoms. The maximum atomic E-state index is 9.04. The molecule has 3 heteroatoms. The molecule has 1 heterocycles. The molecule has 106 valence electrons. The first-order valence-electron chi connectivity index (χ1n) is 8.10. The van der Waals surface area contributed by atoms with Crippen LogP contribution in [0.25, 0.3) is 0 Å². The van der Waals surface area contributed by atoms with E-state index in [-0.39, 0.29) is 5.60 Å². The van der Waals surface area contributed by atoms with Crippen LogP contribution >= 0.6 is 0 Å². The van der Waals surface area contributed by atoms with Crippen LogP contribution in [-0.2, 0) is 4.74 Å². The van der Waals surface area contributed by atoms with E-state index in [0.717, 1.165) is 6.54 Å². The van der Waals surface area contributed by atoms with Gasteiger partial charge in [0.2, 0.25) is 0 Å². The lowest BCUT2D eigenvalue weighted by Gasteiger charge is -2.30. The molecule has 3 nitrogen and oxygen atoms in total. The molecule has 3 fully saturated rings. The van der Waals surface area contributed by atoms with E-state index < -0.39 is 0 Å².